The summed E-state index contributed by atoms with van der Waals surface area (Å²) in [6.45, 7) is 3.12. The second kappa shape index (κ2) is 11.1. The van der Waals surface area contributed by atoms with Gasteiger partial charge in [-0.05, 0) is 31.4 Å². The Bertz CT molecular complexity index is 607. The van der Waals surface area contributed by atoms with Gasteiger partial charge in [0.25, 0.3) is 5.91 Å². The molecule has 1 unspecified atom stereocenters. The van der Waals surface area contributed by atoms with Crippen molar-refractivity contribution >= 4 is 27.9 Å². The number of amides is 2. The highest BCUT2D eigenvalue weighted by atomic mass is 79.9. The molecule has 0 bridgehead atoms. The molecule has 0 radical (unpaired) electrons. The van der Waals surface area contributed by atoms with E-state index in [0.29, 0.717) is 31.4 Å². The van der Waals surface area contributed by atoms with E-state index in [-0.39, 0.29) is 24.8 Å². The van der Waals surface area contributed by atoms with E-state index in [2.05, 4.69) is 15.9 Å². The summed E-state index contributed by atoms with van der Waals surface area (Å²) < 4.78 is 15.9. The minimum atomic E-state index is -0.590. The summed E-state index contributed by atoms with van der Waals surface area (Å²) in [6, 6.07) is 9.45. The standard InChI is InChI=1S/C19H24BrNO5/c1-2-24-18(13-20)25-11-7-6-10-17(22)21-16(14-26-19(21)23)12-15-8-4-3-5-9-15/h3-6,8-10,16,18H,2,7,11-14H2,1H3/b10-6+/t16-,18?/m0/s1. The molecule has 0 aliphatic carbocycles. The van der Waals surface area contributed by atoms with E-state index in [9.17, 15) is 9.59 Å². The Labute approximate surface area is 162 Å². The molecule has 2 atom stereocenters. The highest BCUT2D eigenvalue weighted by Crippen LogP contribution is 2.18. The monoisotopic (exact) mass is 425 g/mol. The first-order valence-electron chi connectivity index (χ1n) is 8.65. The predicted octanol–water partition coefficient (Wildman–Crippen LogP) is 3.30. The van der Waals surface area contributed by atoms with Crippen LogP contribution in [0, 0.1) is 0 Å². The number of cyclic esters (lactones) is 1. The third-order valence-corrected chi connectivity index (χ3v) is 4.37. The van der Waals surface area contributed by atoms with Gasteiger partial charge in [-0.15, -0.1) is 0 Å². The quantitative estimate of drug-likeness (QED) is 0.249. The van der Waals surface area contributed by atoms with E-state index >= 15 is 0 Å². The zero-order chi connectivity index (χ0) is 18.8. The minimum absolute atomic E-state index is 0.220. The zero-order valence-electron chi connectivity index (χ0n) is 14.8. The Morgan fingerprint density at radius 3 is 2.85 bits per heavy atom. The molecular formula is C19H24BrNO5. The first kappa shape index (κ1) is 20.6. The number of carbonyl (C=O) groups is 2. The molecule has 1 aromatic rings. The molecule has 0 saturated carbocycles. The van der Waals surface area contributed by atoms with Crippen LogP contribution in [-0.4, -0.2) is 54.4 Å². The summed E-state index contributed by atoms with van der Waals surface area (Å²) in [5.41, 5.74) is 1.06. The topological polar surface area (TPSA) is 65.1 Å². The second-order valence-corrected chi connectivity index (χ2v) is 6.38. The van der Waals surface area contributed by atoms with Crippen LogP contribution in [0.25, 0.3) is 0 Å². The van der Waals surface area contributed by atoms with Crippen molar-refractivity contribution in [2.24, 2.45) is 0 Å². The first-order valence-corrected chi connectivity index (χ1v) is 9.77. The van der Waals surface area contributed by atoms with Crippen LogP contribution in [-0.2, 0) is 25.4 Å². The highest BCUT2D eigenvalue weighted by molar-refractivity contribution is 9.09. The molecule has 1 fully saturated rings. The van der Waals surface area contributed by atoms with Crippen molar-refractivity contribution in [3.8, 4) is 0 Å². The van der Waals surface area contributed by atoms with Gasteiger partial charge in [-0.3, -0.25) is 4.79 Å². The van der Waals surface area contributed by atoms with Gasteiger partial charge >= 0.3 is 6.09 Å². The summed E-state index contributed by atoms with van der Waals surface area (Å²) in [4.78, 5) is 25.5. The summed E-state index contributed by atoms with van der Waals surface area (Å²) in [6.07, 6.45) is 3.34. The molecule has 6 nitrogen and oxygen atoms in total. The Morgan fingerprint density at radius 2 is 2.15 bits per heavy atom. The third-order valence-electron chi connectivity index (χ3n) is 3.84. The molecule has 2 rings (SSSR count). The van der Waals surface area contributed by atoms with Crippen molar-refractivity contribution in [2.45, 2.75) is 32.1 Å². The van der Waals surface area contributed by atoms with E-state index in [4.69, 9.17) is 14.2 Å². The smallest absolute Gasteiger partial charge is 0.417 e. The van der Waals surface area contributed by atoms with Crippen molar-refractivity contribution < 1.29 is 23.8 Å². The van der Waals surface area contributed by atoms with E-state index in [1.165, 1.54) is 11.0 Å². The molecular weight excluding hydrogens is 402 g/mol. The number of halogens is 1. The lowest BCUT2D eigenvalue weighted by molar-refractivity contribution is -0.124. The molecule has 1 saturated heterocycles. The second-order valence-electron chi connectivity index (χ2n) is 5.73. The number of alkyl halides is 1. The summed E-state index contributed by atoms with van der Waals surface area (Å²) in [5.74, 6) is -0.365. The molecule has 1 aliphatic heterocycles. The lowest BCUT2D eigenvalue weighted by atomic mass is 10.1. The number of benzene rings is 1. The number of hydrogen-bond donors (Lipinski definition) is 0. The van der Waals surface area contributed by atoms with Crippen LogP contribution in [0.2, 0.25) is 0 Å². The van der Waals surface area contributed by atoms with Gasteiger partial charge in [0.05, 0.1) is 18.0 Å². The van der Waals surface area contributed by atoms with E-state index in [1.807, 2.05) is 37.3 Å². The van der Waals surface area contributed by atoms with Crippen molar-refractivity contribution in [1.82, 2.24) is 4.90 Å². The zero-order valence-corrected chi connectivity index (χ0v) is 16.4. The van der Waals surface area contributed by atoms with Gasteiger partial charge < -0.3 is 14.2 Å². The van der Waals surface area contributed by atoms with Crippen LogP contribution < -0.4 is 0 Å². The number of rotatable bonds is 10. The molecule has 142 valence electrons. The maximum atomic E-state index is 12.4. The lowest BCUT2D eigenvalue weighted by Crippen LogP contribution is -2.39. The number of nitrogens with zero attached hydrogens (tertiary/aromatic N) is 1. The van der Waals surface area contributed by atoms with Gasteiger partial charge in [-0.2, -0.15) is 0 Å². The SMILES string of the molecule is CCOC(CBr)OCC/C=C/C(=O)N1C(=O)OC[C@@H]1Cc1ccccc1. The molecule has 1 heterocycles. The van der Waals surface area contributed by atoms with Crippen LogP contribution in [0.5, 0.6) is 0 Å². The van der Waals surface area contributed by atoms with Gasteiger partial charge in [-0.25, -0.2) is 9.69 Å². The van der Waals surface area contributed by atoms with Crippen molar-refractivity contribution in [2.75, 3.05) is 25.2 Å². The Kier molecular flexibility index (Phi) is 8.80. The van der Waals surface area contributed by atoms with E-state index < -0.39 is 6.09 Å². The predicted molar refractivity (Wildman–Crippen MR) is 101 cm³/mol. The Morgan fingerprint density at radius 1 is 1.38 bits per heavy atom. The van der Waals surface area contributed by atoms with Gasteiger partial charge in [0, 0.05) is 6.61 Å². The maximum Gasteiger partial charge on any atom is 0.417 e. The third kappa shape index (κ3) is 6.23. The van der Waals surface area contributed by atoms with Crippen molar-refractivity contribution in [1.29, 1.82) is 0 Å². The Hall–Kier alpha value is -1.70. The average molecular weight is 426 g/mol. The fourth-order valence-electron chi connectivity index (χ4n) is 2.62. The average Bonchev–Trinajstić information content (AvgIpc) is 3.01. The molecule has 7 heteroatoms. The van der Waals surface area contributed by atoms with Gasteiger partial charge in [0.15, 0.2) is 6.29 Å². The van der Waals surface area contributed by atoms with Crippen LogP contribution in [0.1, 0.15) is 18.9 Å². The normalized spacial score (nSPS) is 18.3. The maximum absolute atomic E-state index is 12.4. The number of hydrogen-bond acceptors (Lipinski definition) is 5. The molecule has 1 aromatic carbocycles. The highest BCUT2D eigenvalue weighted by Gasteiger charge is 2.36. The molecule has 2 amide bonds. The van der Waals surface area contributed by atoms with Crippen LogP contribution in [0.15, 0.2) is 42.5 Å². The lowest BCUT2D eigenvalue weighted by Gasteiger charge is -2.18. The number of ether oxygens (including phenoxy) is 3. The fraction of sp³-hybridized carbons (Fsp3) is 0.474. The minimum Gasteiger partial charge on any atom is -0.447 e. The van der Waals surface area contributed by atoms with Crippen molar-refractivity contribution in [3.63, 3.8) is 0 Å². The molecule has 0 N–H and O–H groups in total. The van der Waals surface area contributed by atoms with Crippen LogP contribution in [0.3, 0.4) is 0 Å². The van der Waals surface area contributed by atoms with Gasteiger partial charge in [-0.1, -0.05) is 52.3 Å². The number of imide groups is 1. The van der Waals surface area contributed by atoms with Crippen LogP contribution >= 0.6 is 15.9 Å². The molecule has 1 aliphatic rings. The van der Waals surface area contributed by atoms with E-state index in [0.717, 1.165) is 5.56 Å². The molecule has 0 spiro atoms. The summed E-state index contributed by atoms with van der Waals surface area (Å²) in [7, 11) is 0. The first-order chi connectivity index (χ1) is 12.7. The fourth-order valence-corrected chi connectivity index (χ4v) is 3.00. The van der Waals surface area contributed by atoms with Crippen LogP contribution in [0.4, 0.5) is 4.79 Å². The summed E-state index contributed by atoms with van der Waals surface area (Å²) >= 11 is 3.31. The van der Waals surface area contributed by atoms with Gasteiger partial charge in [0.1, 0.15) is 6.61 Å². The van der Waals surface area contributed by atoms with Gasteiger partial charge in [0.2, 0.25) is 0 Å². The van der Waals surface area contributed by atoms with E-state index in [1.54, 1.807) is 6.08 Å². The summed E-state index contributed by atoms with van der Waals surface area (Å²) in [5, 5.41) is 0.588. The molecule has 26 heavy (non-hydrogen) atoms. The number of carbonyl (C=O) groups excluding carboxylic acids is 2. The Balaban J connectivity index is 1.83. The molecule has 0 aromatic heterocycles. The van der Waals surface area contributed by atoms with Crippen molar-refractivity contribution in [3.05, 3.63) is 48.0 Å². The largest absolute Gasteiger partial charge is 0.447 e.